The van der Waals surface area contributed by atoms with Crippen LogP contribution in [-0.2, 0) is 0 Å². The van der Waals surface area contributed by atoms with Gasteiger partial charge in [0.2, 0.25) is 0 Å². The van der Waals surface area contributed by atoms with Crippen molar-refractivity contribution < 1.29 is 14.6 Å². The van der Waals surface area contributed by atoms with E-state index in [-0.39, 0.29) is 6.10 Å². The molecule has 25 heavy (non-hydrogen) atoms. The van der Waals surface area contributed by atoms with Gasteiger partial charge in [-0.05, 0) is 38.8 Å². The molecule has 142 valence electrons. The Hall–Kier alpha value is -1.95. The number of rotatable bonds is 10. The molecule has 3 N–H and O–H groups in total. The van der Waals surface area contributed by atoms with E-state index in [9.17, 15) is 5.11 Å². The van der Waals surface area contributed by atoms with Crippen LogP contribution in [0.3, 0.4) is 0 Å². The smallest absolute Gasteiger partial charge is 0.191 e. The van der Waals surface area contributed by atoms with Crippen LogP contribution >= 0.6 is 0 Å². The number of hydrogen-bond acceptors (Lipinski definition) is 4. The van der Waals surface area contributed by atoms with E-state index >= 15 is 0 Å². The highest BCUT2D eigenvalue weighted by Crippen LogP contribution is 2.19. The summed E-state index contributed by atoms with van der Waals surface area (Å²) in [4.78, 5) is 4.50. The molecule has 0 saturated carbocycles. The highest BCUT2D eigenvalue weighted by atomic mass is 16.5. The van der Waals surface area contributed by atoms with Gasteiger partial charge in [0.1, 0.15) is 17.6 Å². The first kappa shape index (κ1) is 21.1. The summed E-state index contributed by atoms with van der Waals surface area (Å²) in [5, 5.41) is 16.8. The fraction of sp³-hybridized carbons (Fsp3) is 0.632. The first-order chi connectivity index (χ1) is 12.0. The van der Waals surface area contributed by atoms with Crippen LogP contribution in [0.1, 0.15) is 40.5 Å². The maximum atomic E-state index is 10.4. The van der Waals surface area contributed by atoms with Crippen LogP contribution in [-0.4, -0.2) is 49.5 Å². The van der Waals surface area contributed by atoms with E-state index in [4.69, 9.17) is 9.47 Å². The molecule has 6 nitrogen and oxygen atoms in total. The number of guanidine groups is 1. The maximum absolute atomic E-state index is 10.4. The van der Waals surface area contributed by atoms with Crippen LogP contribution in [0.2, 0.25) is 0 Å². The lowest BCUT2D eigenvalue weighted by Crippen LogP contribution is -2.43. The van der Waals surface area contributed by atoms with Gasteiger partial charge in [0.25, 0.3) is 0 Å². The third-order valence-electron chi connectivity index (χ3n) is 4.13. The zero-order valence-electron chi connectivity index (χ0n) is 16.1. The molecule has 0 amide bonds. The van der Waals surface area contributed by atoms with Gasteiger partial charge in [-0.3, -0.25) is 4.99 Å². The molecule has 1 atom stereocenters. The number of methoxy groups -OCH3 is 1. The summed E-state index contributed by atoms with van der Waals surface area (Å²) in [7, 11) is 1.64. The number of benzene rings is 1. The minimum atomic E-state index is -0.745. The molecular formula is C19H33N3O3. The van der Waals surface area contributed by atoms with Gasteiger partial charge in [0.15, 0.2) is 5.96 Å². The average Bonchev–Trinajstić information content (AvgIpc) is 2.63. The van der Waals surface area contributed by atoms with E-state index in [1.165, 1.54) is 0 Å². The van der Waals surface area contributed by atoms with E-state index < -0.39 is 5.60 Å². The highest BCUT2D eigenvalue weighted by molar-refractivity contribution is 5.79. The Bertz CT molecular complexity index is 530. The third kappa shape index (κ3) is 7.65. The second kappa shape index (κ2) is 10.8. The second-order valence-electron chi connectivity index (χ2n) is 6.11. The zero-order chi connectivity index (χ0) is 18.7. The molecule has 1 unspecified atom stereocenters. The summed E-state index contributed by atoms with van der Waals surface area (Å²) in [5.74, 6) is 2.22. The van der Waals surface area contributed by atoms with Crippen LogP contribution in [0.15, 0.2) is 29.3 Å². The summed E-state index contributed by atoms with van der Waals surface area (Å²) in [6.07, 6.45) is 1.32. The summed E-state index contributed by atoms with van der Waals surface area (Å²) in [6.45, 7) is 9.68. The van der Waals surface area contributed by atoms with Gasteiger partial charge in [0.05, 0.1) is 25.8 Å². The molecule has 6 heteroatoms. The standard InChI is InChI=1S/C19H33N3O3/c1-6-19(23,7-2)14-22-18(20-8-3)21-13-15(4)25-17-11-9-10-16(12-17)24-5/h9-12,15,23H,6-8,13-14H2,1-5H3,(H2,20,21,22). The Labute approximate surface area is 151 Å². The van der Waals surface area contributed by atoms with Gasteiger partial charge in [-0.2, -0.15) is 0 Å². The minimum absolute atomic E-state index is 0.0489. The van der Waals surface area contributed by atoms with Gasteiger partial charge in [-0.1, -0.05) is 19.9 Å². The highest BCUT2D eigenvalue weighted by Gasteiger charge is 2.21. The molecule has 0 fully saturated rings. The topological polar surface area (TPSA) is 75.1 Å². The SMILES string of the molecule is CCNC(=NCC(O)(CC)CC)NCC(C)Oc1cccc(OC)c1. The molecule has 0 heterocycles. The van der Waals surface area contributed by atoms with Crippen molar-refractivity contribution in [2.75, 3.05) is 26.7 Å². The Morgan fingerprint density at radius 1 is 1.20 bits per heavy atom. The van der Waals surface area contributed by atoms with Crippen LogP contribution in [0.4, 0.5) is 0 Å². The summed E-state index contributed by atoms with van der Waals surface area (Å²) < 4.78 is 11.1. The normalized spacial score (nSPS) is 13.3. The molecule has 0 aliphatic carbocycles. The average molecular weight is 351 g/mol. The van der Waals surface area contributed by atoms with Crippen molar-refractivity contribution in [1.29, 1.82) is 0 Å². The predicted octanol–water partition coefficient (Wildman–Crippen LogP) is 2.57. The molecule has 0 aliphatic rings. The molecule has 1 rings (SSSR count). The lowest BCUT2D eigenvalue weighted by atomic mass is 9.98. The summed E-state index contributed by atoms with van der Waals surface area (Å²) in [5.41, 5.74) is -0.745. The minimum Gasteiger partial charge on any atom is -0.497 e. The van der Waals surface area contributed by atoms with Gasteiger partial charge >= 0.3 is 0 Å². The molecule has 1 aromatic rings. The Kier molecular flexibility index (Phi) is 9.13. The Balaban J connectivity index is 2.57. The van der Waals surface area contributed by atoms with Gasteiger partial charge in [0, 0.05) is 12.6 Å². The van der Waals surface area contributed by atoms with Crippen LogP contribution in [0.5, 0.6) is 11.5 Å². The van der Waals surface area contributed by atoms with Crippen molar-refractivity contribution in [1.82, 2.24) is 10.6 Å². The number of hydrogen-bond donors (Lipinski definition) is 3. The van der Waals surface area contributed by atoms with Crippen LogP contribution in [0, 0.1) is 0 Å². The quantitative estimate of drug-likeness (QED) is 0.446. The molecule has 0 radical (unpaired) electrons. The van der Waals surface area contributed by atoms with Crippen molar-refractivity contribution in [3.63, 3.8) is 0 Å². The summed E-state index contributed by atoms with van der Waals surface area (Å²) in [6, 6.07) is 7.55. The fourth-order valence-corrected chi connectivity index (χ4v) is 2.23. The van der Waals surface area contributed by atoms with Gasteiger partial charge in [-0.25, -0.2) is 0 Å². The van der Waals surface area contributed by atoms with Crippen molar-refractivity contribution in [2.45, 2.75) is 52.2 Å². The predicted molar refractivity (Wildman–Crippen MR) is 103 cm³/mol. The number of nitrogens with one attached hydrogen (secondary N) is 2. The van der Waals surface area contributed by atoms with E-state index in [1.54, 1.807) is 7.11 Å². The first-order valence-electron chi connectivity index (χ1n) is 9.01. The van der Waals surface area contributed by atoms with Crippen molar-refractivity contribution in [2.24, 2.45) is 4.99 Å². The largest absolute Gasteiger partial charge is 0.497 e. The molecule has 0 spiro atoms. The fourth-order valence-electron chi connectivity index (χ4n) is 2.23. The lowest BCUT2D eigenvalue weighted by molar-refractivity contribution is 0.0418. The Morgan fingerprint density at radius 3 is 2.48 bits per heavy atom. The molecule has 0 bridgehead atoms. The van der Waals surface area contributed by atoms with Crippen LogP contribution in [0.25, 0.3) is 0 Å². The third-order valence-corrected chi connectivity index (χ3v) is 4.13. The van der Waals surface area contributed by atoms with Crippen molar-refractivity contribution in [3.05, 3.63) is 24.3 Å². The number of ether oxygens (including phenoxy) is 2. The Morgan fingerprint density at radius 2 is 1.88 bits per heavy atom. The van der Waals surface area contributed by atoms with E-state index in [1.807, 2.05) is 52.0 Å². The van der Waals surface area contributed by atoms with Crippen molar-refractivity contribution >= 4 is 5.96 Å². The monoisotopic (exact) mass is 351 g/mol. The second-order valence-corrected chi connectivity index (χ2v) is 6.11. The molecule has 0 aromatic heterocycles. The number of nitrogens with zero attached hydrogens (tertiary/aromatic N) is 1. The summed E-state index contributed by atoms with van der Waals surface area (Å²) >= 11 is 0. The van der Waals surface area contributed by atoms with Crippen molar-refractivity contribution in [3.8, 4) is 11.5 Å². The molecule has 1 aromatic carbocycles. The van der Waals surface area contributed by atoms with Gasteiger partial charge in [-0.15, -0.1) is 0 Å². The maximum Gasteiger partial charge on any atom is 0.191 e. The molecule has 0 saturated heterocycles. The molecule has 0 aliphatic heterocycles. The number of aliphatic hydroxyl groups is 1. The lowest BCUT2D eigenvalue weighted by Gasteiger charge is -2.24. The van der Waals surface area contributed by atoms with E-state index in [2.05, 4.69) is 15.6 Å². The number of aliphatic imine (C=N–C) groups is 1. The van der Waals surface area contributed by atoms with Gasteiger partial charge < -0.3 is 25.2 Å². The van der Waals surface area contributed by atoms with Crippen LogP contribution < -0.4 is 20.1 Å². The molecular weight excluding hydrogens is 318 g/mol. The van der Waals surface area contributed by atoms with E-state index in [0.29, 0.717) is 31.9 Å². The van der Waals surface area contributed by atoms with E-state index in [0.717, 1.165) is 18.0 Å². The first-order valence-corrected chi connectivity index (χ1v) is 9.01. The zero-order valence-corrected chi connectivity index (χ0v) is 16.1.